The third-order valence-corrected chi connectivity index (χ3v) is 2.31. The average Bonchev–Trinajstić information content (AvgIpc) is 2.16. The normalized spacial score (nSPS) is 17.0. The number of hydrogen-bond donors (Lipinski definition) is 0. The van der Waals surface area contributed by atoms with Crippen LogP contribution in [0.3, 0.4) is 0 Å². The van der Waals surface area contributed by atoms with Crippen molar-refractivity contribution in [1.29, 1.82) is 0 Å². The standard InChI is InChI=1S/C13H14O/c1-4-10-5-6-12-11(9-10)7-8-13(2,3)14-12/h4-9H,1H2,2-3H3. The molecule has 1 aromatic rings. The Hall–Kier alpha value is -1.50. The highest BCUT2D eigenvalue weighted by molar-refractivity contribution is 5.65. The van der Waals surface area contributed by atoms with E-state index >= 15 is 0 Å². The maximum absolute atomic E-state index is 5.80. The lowest BCUT2D eigenvalue weighted by Gasteiger charge is -2.27. The molecular formula is C13H14O. The number of ether oxygens (including phenoxy) is 1. The molecule has 0 spiro atoms. The molecule has 0 fully saturated rings. The van der Waals surface area contributed by atoms with Gasteiger partial charge in [0.2, 0.25) is 0 Å². The number of benzene rings is 1. The van der Waals surface area contributed by atoms with E-state index in [9.17, 15) is 0 Å². The fourth-order valence-electron chi connectivity index (χ4n) is 1.52. The van der Waals surface area contributed by atoms with Crippen LogP contribution in [0.25, 0.3) is 12.2 Å². The number of rotatable bonds is 1. The Labute approximate surface area is 84.7 Å². The smallest absolute Gasteiger partial charge is 0.127 e. The molecule has 0 saturated heterocycles. The second-order valence-electron chi connectivity index (χ2n) is 4.04. The monoisotopic (exact) mass is 186 g/mol. The number of hydrogen-bond acceptors (Lipinski definition) is 1. The van der Waals surface area contributed by atoms with Gasteiger partial charge in [-0.3, -0.25) is 0 Å². The van der Waals surface area contributed by atoms with Crippen molar-refractivity contribution < 1.29 is 4.74 Å². The summed E-state index contributed by atoms with van der Waals surface area (Å²) in [6.45, 7) is 7.84. The van der Waals surface area contributed by atoms with Crippen LogP contribution in [0.4, 0.5) is 0 Å². The van der Waals surface area contributed by atoms with Crippen molar-refractivity contribution in [3.05, 3.63) is 42.0 Å². The number of fused-ring (bicyclic) bond motifs is 1. The van der Waals surface area contributed by atoms with Crippen LogP contribution in [0.2, 0.25) is 0 Å². The van der Waals surface area contributed by atoms with Gasteiger partial charge in [0, 0.05) is 5.56 Å². The zero-order valence-electron chi connectivity index (χ0n) is 8.58. The Morgan fingerprint density at radius 3 is 2.86 bits per heavy atom. The van der Waals surface area contributed by atoms with Gasteiger partial charge in [0.25, 0.3) is 0 Å². The molecule has 0 aliphatic carbocycles. The molecule has 1 heteroatoms. The van der Waals surface area contributed by atoms with E-state index in [1.807, 2.05) is 32.1 Å². The van der Waals surface area contributed by atoms with Gasteiger partial charge in [0.15, 0.2) is 0 Å². The lowest BCUT2D eigenvalue weighted by Crippen LogP contribution is -2.27. The molecule has 0 N–H and O–H groups in total. The molecule has 1 nitrogen and oxygen atoms in total. The van der Waals surface area contributed by atoms with Crippen molar-refractivity contribution in [2.45, 2.75) is 19.4 Å². The predicted molar refractivity (Wildman–Crippen MR) is 60.3 cm³/mol. The summed E-state index contributed by atoms with van der Waals surface area (Å²) in [4.78, 5) is 0. The maximum atomic E-state index is 5.80. The summed E-state index contributed by atoms with van der Waals surface area (Å²) in [5, 5.41) is 0. The second-order valence-corrected chi connectivity index (χ2v) is 4.04. The van der Waals surface area contributed by atoms with Gasteiger partial charge in [-0.1, -0.05) is 24.8 Å². The molecular weight excluding hydrogens is 172 g/mol. The van der Waals surface area contributed by atoms with Gasteiger partial charge in [-0.25, -0.2) is 0 Å². The average molecular weight is 186 g/mol. The van der Waals surface area contributed by atoms with Gasteiger partial charge in [0.1, 0.15) is 11.4 Å². The third kappa shape index (κ3) is 1.58. The van der Waals surface area contributed by atoms with Crippen molar-refractivity contribution in [2.75, 3.05) is 0 Å². The highest BCUT2D eigenvalue weighted by Crippen LogP contribution is 2.31. The molecule has 1 heterocycles. The first-order chi connectivity index (χ1) is 6.61. The van der Waals surface area contributed by atoms with Gasteiger partial charge < -0.3 is 4.74 Å². The SMILES string of the molecule is C=Cc1ccc2c(c1)C=CC(C)(C)O2. The first-order valence-corrected chi connectivity index (χ1v) is 4.75. The Bertz CT molecular complexity index is 400. The van der Waals surface area contributed by atoms with E-state index < -0.39 is 0 Å². The van der Waals surface area contributed by atoms with Crippen molar-refractivity contribution in [3.63, 3.8) is 0 Å². The molecule has 1 aromatic carbocycles. The van der Waals surface area contributed by atoms with Gasteiger partial charge in [-0.15, -0.1) is 0 Å². The predicted octanol–water partition coefficient (Wildman–Crippen LogP) is 3.51. The summed E-state index contributed by atoms with van der Waals surface area (Å²) in [6.07, 6.45) is 6.02. The fraction of sp³-hybridized carbons (Fsp3) is 0.231. The fourth-order valence-corrected chi connectivity index (χ4v) is 1.52. The van der Waals surface area contributed by atoms with Crippen LogP contribution >= 0.6 is 0 Å². The zero-order valence-corrected chi connectivity index (χ0v) is 8.58. The molecule has 2 rings (SSSR count). The Morgan fingerprint density at radius 2 is 2.14 bits per heavy atom. The maximum Gasteiger partial charge on any atom is 0.127 e. The minimum Gasteiger partial charge on any atom is -0.483 e. The van der Waals surface area contributed by atoms with Gasteiger partial charge in [-0.05, 0) is 37.6 Å². The van der Waals surface area contributed by atoms with Gasteiger partial charge in [-0.2, -0.15) is 0 Å². The van der Waals surface area contributed by atoms with Crippen LogP contribution in [-0.4, -0.2) is 5.60 Å². The largest absolute Gasteiger partial charge is 0.483 e. The van der Waals surface area contributed by atoms with Crippen LogP contribution in [0.5, 0.6) is 5.75 Å². The minimum atomic E-state index is -0.192. The first kappa shape index (κ1) is 9.07. The van der Waals surface area contributed by atoms with E-state index in [1.54, 1.807) is 0 Å². The lowest BCUT2D eigenvalue weighted by atomic mass is 10.0. The lowest BCUT2D eigenvalue weighted by molar-refractivity contribution is 0.159. The van der Waals surface area contributed by atoms with E-state index in [0.29, 0.717) is 0 Å². The van der Waals surface area contributed by atoms with Crippen molar-refractivity contribution in [2.24, 2.45) is 0 Å². The van der Waals surface area contributed by atoms with Crippen molar-refractivity contribution in [1.82, 2.24) is 0 Å². The summed E-state index contributed by atoms with van der Waals surface area (Å²) in [6, 6.07) is 6.09. The van der Waals surface area contributed by atoms with Gasteiger partial charge >= 0.3 is 0 Å². The van der Waals surface area contributed by atoms with E-state index in [-0.39, 0.29) is 5.60 Å². The molecule has 14 heavy (non-hydrogen) atoms. The Balaban J connectivity index is 2.46. The molecule has 0 unspecified atom stereocenters. The quantitative estimate of drug-likeness (QED) is 0.652. The topological polar surface area (TPSA) is 9.23 Å². The van der Waals surface area contributed by atoms with Crippen LogP contribution in [-0.2, 0) is 0 Å². The van der Waals surface area contributed by atoms with Gasteiger partial charge in [0.05, 0.1) is 0 Å². The summed E-state index contributed by atoms with van der Waals surface area (Å²) in [5.41, 5.74) is 2.06. The minimum absolute atomic E-state index is 0.192. The van der Waals surface area contributed by atoms with E-state index in [0.717, 1.165) is 16.9 Å². The van der Waals surface area contributed by atoms with E-state index in [2.05, 4.69) is 24.8 Å². The van der Waals surface area contributed by atoms with Crippen LogP contribution in [0, 0.1) is 0 Å². The Kier molecular flexibility index (Phi) is 1.95. The van der Waals surface area contributed by atoms with Crippen LogP contribution < -0.4 is 4.74 Å². The molecule has 72 valence electrons. The molecule has 0 bridgehead atoms. The third-order valence-electron chi connectivity index (χ3n) is 2.31. The molecule has 0 saturated carbocycles. The molecule has 0 amide bonds. The van der Waals surface area contributed by atoms with Crippen LogP contribution in [0.1, 0.15) is 25.0 Å². The summed E-state index contributed by atoms with van der Waals surface area (Å²) >= 11 is 0. The van der Waals surface area contributed by atoms with Crippen molar-refractivity contribution in [3.8, 4) is 5.75 Å². The Morgan fingerprint density at radius 1 is 1.36 bits per heavy atom. The van der Waals surface area contributed by atoms with Crippen molar-refractivity contribution >= 4 is 12.2 Å². The molecule has 0 atom stereocenters. The summed E-state index contributed by atoms with van der Waals surface area (Å²) < 4.78 is 5.80. The summed E-state index contributed by atoms with van der Waals surface area (Å²) in [7, 11) is 0. The molecule has 0 radical (unpaired) electrons. The second kappa shape index (κ2) is 3.02. The first-order valence-electron chi connectivity index (χ1n) is 4.75. The van der Waals surface area contributed by atoms with Crippen LogP contribution in [0.15, 0.2) is 30.9 Å². The molecule has 1 aliphatic heterocycles. The van der Waals surface area contributed by atoms with E-state index in [1.165, 1.54) is 0 Å². The summed E-state index contributed by atoms with van der Waals surface area (Å²) in [5.74, 6) is 0.947. The highest BCUT2D eigenvalue weighted by Gasteiger charge is 2.20. The zero-order chi connectivity index (χ0) is 10.2. The highest BCUT2D eigenvalue weighted by atomic mass is 16.5. The molecule has 1 aliphatic rings. The molecule has 0 aromatic heterocycles. The van der Waals surface area contributed by atoms with E-state index in [4.69, 9.17) is 4.74 Å².